The highest BCUT2D eigenvalue weighted by Gasteiger charge is 2.22. The van der Waals surface area contributed by atoms with Crippen LogP contribution in [0.5, 0.6) is 5.75 Å². The summed E-state index contributed by atoms with van der Waals surface area (Å²) in [6.45, 7) is 2.48. The number of aliphatic hydroxyl groups is 1. The average molecular weight is 305 g/mol. The van der Waals surface area contributed by atoms with Gasteiger partial charge in [-0.2, -0.15) is 0 Å². The van der Waals surface area contributed by atoms with Gasteiger partial charge in [-0.25, -0.2) is 0 Å². The number of carbonyl (C=O) groups excluding carboxylic acids is 1. The lowest BCUT2D eigenvalue weighted by molar-refractivity contribution is -0.120. The first-order chi connectivity index (χ1) is 10.6. The molecule has 0 saturated heterocycles. The van der Waals surface area contributed by atoms with E-state index in [0.29, 0.717) is 18.9 Å². The maximum absolute atomic E-state index is 11.9. The molecule has 122 valence electrons. The summed E-state index contributed by atoms with van der Waals surface area (Å²) < 4.78 is 0. The Bertz CT molecular complexity index is 501. The van der Waals surface area contributed by atoms with Crippen LogP contribution in [0.15, 0.2) is 18.2 Å². The van der Waals surface area contributed by atoms with Gasteiger partial charge >= 0.3 is 0 Å². The van der Waals surface area contributed by atoms with E-state index in [0.717, 1.165) is 43.2 Å². The fourth-order valence-corrected chi connectivity index (χ4v) is 3.13. The Hall–Kier alpha value is -1.55. The Balaban J connectivity index is 1.66. The van der Waals surface area contributed by atoms with E-state index in [4.69, 9.17) is 0 Å². The molecule has 1 aromatic rings. The predicted octanol–water partition coefficient (Wildman–Crippen LogP) is 2.69. The van der Waals surface area contributed by atoms with Crippen molar-refractivity contribution in [2.24, 2.45) is 5.92 Å². The molecule has 1 saturated carbocycles. The summed E-state index contributed by atoms with van der Waals surface area (Å²) in [7, 11) is 0. The Morgan fingerprint density at radius 1 is 1.32 bits per heavy atom. The zero-order chi connectivity index (χ0) is 15.9. The molecule has 4 nitrogen and oxygen atoms in total. The molecule has 1 aliphatic rings. The number of benzene rings is 1. The molecule has 2 unspecified atom stereocenters. The zero-order valence-corrected chi connectivity index (χ0v) is 13.3. The van der Waals surface area contributed by atoms with E-state index in [2.05, 4.69) is 5.32 Å². The molecule has 1 aliphatic carbocycles. The number of carbonyl (C=O) groups is 1. The van der Waals surface area contributed by atoms with Crippen LogP contribution in [0.4, 0.5) is 0 Å². The first kappa shape index (κ1) is 16.8. The number of phenols is 1. The van der Waals surface area contributed by atoms with E-state index in [9.17, 15) is 15.0 Å². The number of aryl methyl sites for hydroxylation is 1. The van der Waals surface area contributed by atoms with Crippen LogP contribution >= 0.6 is 0 Å². The summed E-state index contributed by atoms with van der Waals surface area (Å²) in [5.74, 6) is 0.615. The van der Waals surface area contributed by atoms with Gasteiger partial charge in [0.15, 0.2) is 0 Å². The highest BCUT2D eigenvalue weighted by Crippen LogP contribution is 2.27. The summed E-state index contributed by atoms with van der Waals surface area (Å²) in [5, 5.41) is 22.5. The van der Waals surface area contributed by atoms with Crippen molar-refractivity contribution < 1.29 is 15.0 Å². The van der Waals surface area contributed by atoms with Crippen molar-refractivity contribution in [2.75, 3.05) is 6.54 Å². The van der Waals surface area contributed by atoms with Gasteiger partial charge in [-0.15, -0.1) is 0 Å². The van der Waals surface area contributed by atoms with Crippen LogP contribution in [0.1, 0.15) is 49.7 Å². The molecule has 3 N–H and O–H groups in total. The first-order valence-electron chi connectivity index (χ1n) is 8.29. The van der Waals surface area contributed by atoms with Gasteiger partial charge in [-0.1, -0.05) is 25.0 Å². The summed E-state index contributed by atoms with van der Waals surface area (Å²) in [6.07, 6.45) is 6.41. The van der Waals surface area contributed by atoms with Crippen LogP contribution in [0.25, 0.3) is 0 Å². The average Bonchev–Trinajstić information content (AvgIpc) is 2.49. The van der Waals surface area contributed by atoms with Crippen molar-refractivity contribution in [2.45, 2.75) is 58.0 Å². The minimum absolute atomic E-state index is 0.0209. The minimum atomic E-state index is -0.153. The smallest absolute Gasteiger partial charge is 0.224 e. The van der Waals surface area contributed by atoms with Crippen molar-refractivity contribution in [1.29, 1.82) is 0 Å². The van der Waals surface area contributed by atoms with Gasteiger partial charge in [-0.3, -0.25) is 4.79 Å². The molecule has 2 atom stereocenters. The monoisotopic (exact) mass is 305 g/mol. The number of amides is 1. The summed E-state index contributed by atoms with van der Waals surface area (Å²) in [4.78, 5) is 11.9. The van der Waals surface area contributed by atoms with E-state index in [1.54, 1.807) is 6.07 Å². The minimum Gasteiger partial charge on any atom is -0.508 e. The quantitative estimate of drug-likeness (QED) is 0.708. The molecule has 22 heavy (non-hydrogen) atoms. The molecular weight excluding hydrogens is 278 g/mol. The normalized spacial score (nSPS) is 21.5. The van der Waals surface area contributed by atoms with E-state index in [1.807, 2.05) is 19.1 Å². The van der Waals surface area contributed by atoms with Crippen LogP contribution in [0, 0.1) is 12.8 Å². The lowest BCUT2D eigenvalue weighted by Crippen LogP contribution is -2.28. The number of hydrogen-bond donors (Lipinski definition) is 3. The van der Waals surface area contributed by atoms with Crippen molar-refractivity contribution in [3.63, 3.8) is 0 Å². The molecule has 1 aromatic carbocycles. The molecule has 0 aliphatic heterocycles. The van der Waals surface area contributed by atoms with Crippen LogP contribution in [0.3, 0.4) is 0 Å². The Morgan fingerprint density at radius 3 is 2.82 bits per heavy atom. The van der Waals surface area contributed by atoms with Gasteiger partial charge in [0.1, 0.15) is 5.75 Å². The zero-order valence-electron chi connectivity index (χ0n) is 13.3. The lowest BCUT2D eigenvalue weighted by atomic mass is 9.83. The molecule has 0 bridgehead atoms. The maximum Gasteiger partial charge on any atom is 0.224 e. The standard InChI is InChI=1S/C18H27NO3/c1-13-8-9-14(11-17(13)21)12-18(22)19-10-4-6-15-5-2-3-7-16(15)20/h8-9,11,15-16,20-21H,2-7,10,12H2,1H3,(H,19,22). The fourth-order valence-electron chi connectivity index (χ4n) is 3.13. The molecule has 0 spiro atoms. The summed E-state index contributed by atoms with van der Waals surface area (Å²) >= 11 is 0. The van der Waals surface area contributed by atoms with E-state index >= 15 is 0 Å². The second-order valence-electron chi connectivity index (χ2n) is 6.40. The number of rotatable bonds is 6. The third-order valence-corrected chi connectivity index (χ3v) is 4.58. The van der Waals surface area contributed by atoms with E-state index in [-0.39, 0.29) is 17.8 Å². The second-order valence-corrected chi connectivity index (χ2v) is 6.40. The van der Waals surface area contributed by atoms with Gasteiger partial charge in [0, 0.05) is 6.54 Å². The molecule has 0 radical (unpaired) electrons. The van der Waals surface area contributed by atoms with E-state index < -0.39 is 0 Å². The Labute approximate surface area is 132 Å². The highest BCUT2D eigenvalue weighted by atomic mass is 16.3. The molecule has 0 heterocycles. The molecule has 2 rings (SSSR count). The SMILES string of the molecule is Cc1ccc(CC(=O)NCCCC2CCCCC2O)cc1O. The number of aromatic hydroxyl groups is 1. The van der Waals surface area contributed by atoms with E-state index in [1.165, 1.54) is 6.42 Å². The van der Waals surface area contributed by atoms with Crippen molar-refractivity contribution in [3.05, 3.63) is 29.3 Å². The third-order valence-electron chi connectivity index (χ3n) is 4.58. The first-order valence-corrected chi connectivity index (χ1v) is 8.29. The van der Waals surface area contributed by atoms with Crippen molar-refractivity contribution >= 4 is 5.91 Å². The van der Waals surface area contributed by atoms with Gasteiger partial charge in [0.2, 0.25) is 5.91 Å². The summed E-state index contributed by atoms with van der Waals surface area (Å²) in [5.41, 5.74) is 1.64. The van der Waals surface area contributed by atoms with Crippen molar-refractivity contribution in [1.82, 2.24) is 5.32 Å². The highest BCUT2D eigenvalue weighted by molar-refractivity contribution is 5.78. The van der Waals surface area contributed by atoms with Gasteiger partial charge < -0.3 is 15.5 Å². The Kier molecular flexibility index (Phi) is 6.25. The molecule has 1 amide bonds. The molecule has 4 heteroatoms. The second kappa shape index (κ2) is 8.18. The largest absolute Gasteiger partial charge is 0.508 e. The molecule has 0 aromatic heterocycles. The van der Waals surface area contributed by atoms with Crippen LogP contribution in [0.2, 0.25) is 0 Å². The number of hydrogen-bond acceptors (Lipinski definition) is 3. The van der Waals surface area contributed by atoms with Gasteiger partial charge in [-0.05, 0) is 55.7 Å². The van der Waals surface area contributed by atoms with Gasteiger partial charge in [0.05, 0.1) is 12.5 Å². The topological polar surface area (TPSA) is 69.6 Å². The lowest BCUT2D eigenvalue weighted by Gasteiger charge is -2.27. The Morgan fingerprint density at radius 2 is 2.09 bits per heavy atom. The number of phenolic OH excluding ortho intramolecular Hbond substituents is 1. The van der Waals surface area contributed by atoms with Crippen molar-refractivity contribution in [3.8, 4) is 5.75 Å². The predicted molar refractivity (Wildman–Crippen MR) is 86.8 cm³/mol. The summed E-state index contributed by atoms with van der Waals surface area (Å²) in [6, 6.07) is 5.34. The molecular formula is C18H27NO3. The van der Waals surface area contributed by atoms with Crippen LogP contribution in [-0.2, 0) is 11.2 Å². The maximum atomic E-state index is 11.9. The van der Waals surface area contributed by atoms with Gasteiger partial charge in [0.25, 0.3) is 0 Å². The van der Waals surface area contributed by atoms with Crippen LogP contribution < -0.4 is 5.32 Å². The molecule has 1 fully saturated rings. The fraction of sp³-hybridized carbons (Fsp3) is 0.611. The number of nitrogens with one attached hydrogen (secondary N) is 1. The van der Waals surface area contributed by atoms with Crippen LogP contribution in [-0.4, -0.2) is 28.8 Å². The third kappa shape index (κ3) is 5.02. The number of aliphatic hydroxyl groups excluding tert-OH is 1.